The van der Waals surface area contributed by atoms with Crippen molar-refractivity contribution in [1.29, 1.82) is 0 Å². The SMILES string of the molecule is COCC(CN)OCC1CCCC1. The molecule has 78 valence electrons. The van der Waals surface area contributed by atoms with Crippen LogP contribution in [0.3, 0.4) is 0 Å². The summed E-state index contributed by atoms with van der Waals surface area (Å²) in [5.74, 6) is 0.769. The van der Waals surface area contributed by atoms with E-state index < -0.39 is 0 Å². The zero-order valence-electron chi connectivity index (χ0n) is 8.50. The molecule has 3 nitrogen and oxygen atoms in total. The molecule has 0 aliphatic heterocycles. The number of methoxy groups -OCH3 is 1. The maximum atomic E-state index is 5.67. The van der Waals surface area contributed by atoms with Crippen LogP contribution in [0.25, 0.3) is 0 Å². The highest BCUT2D eigenvalue weighted by Gasteiger charge is 2.16. The van der Waals surface area contributed by atoms with E-state index in [4.69, 9.17) is 15.2 Å². The van der Waals surface area contributed by atoms with Gasteiger partial charge in [0.25, 0.3) is 0 Å². The average Bonchev–Trinajstić information content (AvgIpc) is 2.64. The lowest BCUT2D eigenvalue weighted by atomic mass is 10.1. The molecule has 0 amide bonds. The van der Waals surface area contributed by atoms with Crippen molar-refractivity contribution in [3.05, 3.63) is 0 Å². The number of nitrogens with two attached hydrogens (primary N) is 1. The summed E-state index contributed by atoms with van der Waals surface area (Å²) in [5.41, 5.74) is 5.54. The van der Waals surface area contributed by atoms with Crippen molar-refractivity contribution in [3.8, 4) is 0 Å². The Morgan fingerprint density at radius 3 is 2.62 bits per heavy atom. The van der Waals surface area contributed by atoms with E-state index in [1.165, 1.54) is 25.7 Å². The zero-order valence-corrected chi connectivity index (χ0v) is 8.50. The second kappa shape index (κ2) is 6.35. The van der Waals surface area contributed by atoms with Gasteiger partial charge in [-0.25, -0.2) is 0 Å². The predicted molar refractivity (Wildman–Crippen MR) is 52.6 cm³/mol. The molecule has 0 spiro atoms. The monoisotopic (exact) mass is 187 g/mol. The average molecular weight is 187 g/mol. The summed E-state index contributed by atoms with van der Waals surface area (Å²) in [6, 6.07) is 0. The Balaban J connectivity index is 2.07. The Kier molecular flexibility index (Phi) is 5.35. The molecule has 1 unspecified atom stereocenters. The molecule has 3 heteroatoms. The Morgan fingerprint density at radius 1 is 1.38 bits per heavy atom. The first-order valence-electron chi connectivity index (χ1n) is 5.17. The molecule has 0 saturated heterocycles. The van der Waals surface area contributed by atoms with Crippen molar-refractivity contribution in [3.63, 3.8) is 0 Å². The summed E-state index contributed by atoms with van der Waals surface area (Å²) in [6.45, 7) is 2.04. The van der Waals surface area contributed by atoms with Gasteiger partial charge in [0.15, 0.2) is 0 Å². The topological polar surface area (TPSA) is 44.5 Å². The molecule has 1 fully saturated rings. The van der Waals surface area contributed by atoms with Gasteiger partial charge in [0.1, 0.15) is 0 Å². The first kappa shape index (κ1) is 11.0. The fraction of sp³-hybridized carbons (Fsp3) is 1.00. The summed E-state index contributed by atoms with van der Waals surface area (Å²) in [6.07, 6.45) is 5.47. The van der Waals surface area contributed by atoms with Crippen molar-refractivity contribution in [2.24, 2.45) is 11.7 Å². The Morgan fingerprint density at radius 2 is 2.08 bits per heavy atom. The van der Waals surface area contributed by atoms with Crippen LogP contribution >= 0.6 is 0 Å². The minimum absolute atomic E-state index is 0.0885. The molecule has 0 aromatic heterocycles. The fourth-order valence-electron chi connectivity index (χ4n) is 1.82. The molecule has 13 heavy (non-hydrogen) atoms. The summed E-state index contributed by atoms with van der Waals surface area (Å²) in [4.78, 5) is 0. The standard InChI is InChI=1S/C10H21NO2/c1-12-8-10(6-11)13-7-9-4-2-3-5-9/h9-10H,2-8,11H2,1H3. The van der Waals surface area contributed by atoms with Crippen LogP contribution in [0.15, 0.2) is 0 Å². The van der Waals surface area contributed by atoms with Gasteiger partial charge in [-0.1, -0.05) is 12.8 Å². The third-order valence-electron chi connectivity index (χ3n) is 2.66. The van der Waals surface area contributed by atoms with Gasteiger partial charge in [0, 0.05) is 20.3 Å². The lowest BCUT2D eigenvalue weighted by Gasteiger charge is -2.17. The van der Waals surface area contributed by atoms with Crippen molar-refractivity contribution in [2.75, 3.05) is 26.9 Å². The van der Waals surface area contributed by atoms with Crippen LogP contribution in [0.4, 0.5) is 0 Å². The van der Waals surface area contributed by atoms with Gasteiger partial charge < -0.3 is 15.2 Å². The summed E-state index contributed by atoms with van der Waals surface area (Å²) in [7, 11) is 1.68. The Bertz CT molecular complexity index is 124. The first-order chi connectivity index (χ1) is 6.36. The molecular formula is C10H21NO2. The van der Waals surface area contributed by atoms with Crippen LogP contribution in [0.2, 0.25) is 0 Å². The molecule has 1 saturated carbocycles. The van der Waals surface area contributed by atoms with Crippen LogP contribution in [0.1, 0.15) is 25.7 Å². The number of rotatable bonds is 6. The second-order valence-electron chi connectivity index (χ2n) is 3.80. The van der Waals surface area contributed by atoms with Crippen molar-refractivity contribution >= 4 is 0 Å². The van der Waals surface area contributed by atoms with Crippen molar-refractivity contribution < 1.29 is 9.47 Å². The highest BCUT2D eigenvalue weighted by Crippen LogP contribution is 2.24. The van der Waals surface area contributed by atoms with Gasteiger partial charge in [-0.05, 0) is 18.8 Å². The minimum atomic E-state index is 0.0885. The maximum absolute atomic E-state index is 5.67. The van der Waals surface area contributed by atoms with Gasteiger partial charge >= 0.3 is 0 Å². The van der Waals surface area contributed by atoms with E-state index in [0.29, 0.717) is 13.2 Å². The van der Waals surface area contributed by atoms with Gasteiger partial charge in [0.05, 0.1) is 12.7 Å². The van der Waals surface area contributed by atoms with E-state index in [0.717, 1.165) is 12.5 Å². The van der Waals surface area contributed by atoms with Crippen molar-refractivity contribution in [1.82, 2.24) is 0 Å². The maximum Gasteiger partial charge on any atom is 0.0930 e. The van der Waals surface area contributed by atoms with Crippen LogP contribution in [0.5, 0.6) is 0 Å². The van der Waals surface area contributed by atoms with E-state index in [1.807, 2.05) is 0 Å². The van der Waals surface area contributed by atoms with Crippen LogP contribution in [-0.2, 0) is 9.47 Å². The van der Waals surface area contributed by atoms with Crippen LogP contribution in [0, 0.1) is 5.92 Å². The van der Waals surface area contributed by atoms with E-state index in [1.54, 1.807) is 7.11 Å². The van der Waals surface area contributed by atoms with Crippen LogP contribution in [-0.4, -0.2) is 33.0 Å². The lowest BCUT2D eigenvalue weighted by Crippen LogP contribution is -2.30. The van der Waals surface area contributed by atoms with E-state index in [-0.39, 0.29) is 6.10 Å². The highest BCUT2D eigenvalue weighted by molar-refractivity contribution is 4.67. The van der Waals surface area contributed by atoms with E-state index in [2.05, 4.69) is 0 Å². The second-order valence-corrected chi connectivity index (χ2v) is 3.80. The largest absolute Gasteiger partial charge is 0.382 e. The molecule has 0 radical (unpaired) electrons. The van der Waals surface area contributed by atoms with Crippen LogP contribution < -0.4 is 5.73 Å². The van der Waals surface area contributed by atoms with Gasteiger partial charge in [-0.15, -0.1) is 0 Å². The predicted octanol–water partition coefficient (Wildman–Crippen LogP) is 1.17. The molecule has 0 bridgehead atoms. The smallest absolute Gasteiger partial charge is 0.0930 e. The summed E-state index contributed by atoms with van der Waals surface area (Å²) < 4.78 is 10.7. The Hall–Kier alpha value is -0.120. The minimum Gasteiger partial charge on any atom is -0.382 e. The third kappa shape index (κ3) is 4.07. The number of ether oxygens (including phenoxy) is 2. The fourth-order valence-corrected chi connectivity index (χ4v) is 1.82. The number of hydrogen-bond donors (Lipinski definition) is 1. The number of hydrogen-bond acceptors (Lipinski definition) is 3. The highest BCUT2D eigenvalue weighted by atomic mass is 16.5. The zero-order chi connectivity index (χ0) is 9.52. The molecule has 1 aliphatic rings. The molecule has 2 N–H and O–H groups in total. The van der Waals surface area contributed by atoms with Gasteiger partial charge in [-0.2, -0.15) is 0 Å². The van der Waals surface area contributed by atoms with Gasteiger partial charge in [-0.3, -0.25) is 0 Å². The summed E-state index contributed by atoms with van der Waals surface area (Å²) >= 11 is 0. The molecule has 0 aromatic rings. The van der Waals surface area contributed by atoms with E-state index in [9.17, 15) is 0 Å². The van der Waals surface area contributed by atoms with Crippen molar-refractivity contribution in [2.45, 2.75) is 31.8 Å². The van der Waals surface area contributed by atoms with E-state index >= 15 is 0 Å². The third-order valence-corrected chi connectivity index (χ3v) is 2.66. The summed E-state index contributed by atoms with van der Waals surface area (Å²) in [5, 5.41) is 0. The van der Waals surface area contributed by atoms with Gasteiger partial charge in [0.2, 0.25) is 0 Å². The molecule has 0 aromatic carbocycles. The normalized spacial score (nSPS) is 20.8. The molecule has 1 rings (SSSR count). The first-order valence-corrected chi connectivity index (χ1v) is 5.17. The molecule has 1 atom stereocenters. The molecule has 1 aliphatic carbocycles. The Labute approximate surface area is 80.6 Å². The molecule has 0 heterocycles. The quantitative estimate of drug-likeness (QED) is 0.679. The molecular weight excluding hydrogens is 166 g/mol. The lowest BCUT2D eigenvalue weighted by molar-refractivity contribution is -0.0109.